The van der Waals surface area contributed by atoms with E-state index in [2.05, 4.69) is 4.99 Å². The van der Waals surface area contributed by atoms with Crippen LogP contribution in [0.5, 0.6) is 11.5 Å². The second-order valence-corrected chi connectivity index (χ2v) is 8.54. The highest BCUT2D eigenvalue weighted by Crippen LogP contribution is 2.36. The van der Waals surface area contributed by atoms with Crippen molar-refractivity contribution in [2.45, 2.75) is 6.92 Å². The second kappa shape index (κ2) is 10.1. The lowest BCUT2D eigenvalue weighted by Crippen LogP contribution is -2.11. The largest absolute Gasteiger partial charge is 0.493 e. The Hall–Kier alpha value is -4.06. The number of non-ortho nitro benzene ring substituents is 1. The highest BCUT2D eigenvalue weighted by molar-refractivity contribution is 14.1. The number of carbonyl (C=O) groups is 2. The number of nitro benzene ring substituents is 1. The molecule has 0 amide bonds. The minimum atomic E-state index is -0.699. The molecule has 10 heteroatoms. The number of aryl methyl sites for hydroxylation is 1. The van der Waals surface area contributed by atoms with Crippen molar-refractivity contribution < 1.29 is 28.7 Å². The van der Waals surface area contributed by atoms with E-state index in [9.17, 15) is 19.7 Å². The van der Waals surface area contributed by atoms with Crippen molar-refractivity contribution in [1.82, 2.24) is 0 Å². The zero-order valence-electron chi connectivity index (χ0n) is 18.5. The van der Waals surface area contributed by atoms with E-state index in [0.29, 0.717) is 26.0 Å². The molecule has 0 radical (unpaired) electrons. The molecule has 35 heavy (non-hydrogen) atoms. The van der Waals surface area contributed by atoms with Crippen LogP contribution in [0.2, 0.25) is 0 Å². The normalized spacial score (nSPS) is 13.9. The van der Waals surface area contributed by atoms with Crippen LogP contribution < -0.4 is 9.47 Å². The van der Waals surface area contributed by atoms with Crippen molar-refractivity contribution in [2.75, 3.05) is 7.11 Å². The third-order valence-electron chi connectivity index (χ3n) is 5.04. The molecule has 0 unspecified atom stereocenters. The topological polar surface area (TPSA) is 117 Å². The number of rotatable bonds is 6. The van der Waals surface area contributed by atoms with Gasteiger partial charge in [-0.1, -0.05) is 24.3 Å². The molecule has 3 aromatic carbocycles. The standard InChI is InChI=1S/C25H17IN2O7/c1-14-6-3-4-9-18(14)24(29)34-22-19(26)10-15(12-21(22)33-2)11-20-25(30)35-23(27-20)16-7-5-8-17(13-16)28(31)32/h3-13H,1-2H3/b20-11-. The minimum Gasteiger partial charge on any atom is -0.493 e. The third-order valence-corrected chi connectivity index (χ3v) is 5.84. The number of benzene rings is 3. The number of aliphatic imine (C=N–C) groups is 1. The highest BCUT2D eigenvalue weighted by Gasteiger charge is 2.26. The smallest absolute Gasteiger partial charge is 0.363 e. The molecule has 0 saturated carbocycles. The molecule has 0 fully saturated rings. The van der Waals surface area contributed by atoms with Gasteiger partial charge in [0.2, 0.25) is 5.90 Å². The lowest BCUT2D eigenvalue weighted by atomic mass is 10.1. The lowest BCUT2D eigenvalue weighted by Gasteiger charge is -2.13. The van der Waals surface area contributed by atoms with Crippen LogP contribution in [0.3, 0.4) is 0 Å². The summed E-state index contributed by atoms with van der Waals surface area (Å²) in [6, 6.07) is 16.0. The van der Waals surface area contributed by atoms with Gasteiger partial charge in [-0.05, 0) is 71.0 Å². The van der Waals surface area contributed by atoms with Crippen LogP contribution in [0, 0.1) is 20.6 Å². The molecule has 1 aliphatic heterocycles. The zero-order chi connectivity index (χ0) is 25.1. The van der Waals surface area contributed by atoms with Gasteiger partial charge in [0.05, 0.1) is 21.2 Å². The molecule has 0 bridgehead atoms. The molecule has 1 aliphatic rings. The van der Waals surface area contributed by atoms with E-state index in [-0.39, 0.29) is 23.0 Å². The molecule has 3 aromatic rings. The van der Waals surface area contributed by atoms with E-state index < -0.39 is 16.9 Å². The number of ether oxygens (including phenoxy) is 3. The summed E-state index contributed by atoms with van der Waals surface area (Å²) < 4.78 is 16.8. The summed E-state index contributed by atoms with van der Waals surface area (Å²) in [4.78, 5) is 39.7. The summed E-state index contributed by atoms with van der Waals surface area (Å²) in [7, 11) is 1.44. The molecular formula is C25H17IN2O7. The molecular weight excluding hydrogens is 567 g/mol. The summed E-state index contributed by atoms with van der Waals surface area (Å²) in [5.74, 6) is -0.708. The Bertz CT molecular complexity index is 1430. The summed E-state index contributed by atoms with van der Waals surface area (Å²) in [5, 5.41) is 11.0. The first-order valence-electron chi connectivity index (χ1n) is 10.2. The second-order valence-electron chi connectivity index (χ2n) is 7.38. The number of cyclic esters (lactones) is 1. The molecule has 0 aromatic heterocycles. The van der Waals surface area contributed by atoms with Gasteiger partial charge in [0.25, 0.3) is 5.69 Å². The van der Waals surface area contributed by atoms with E-state index in [1.165, 1.54) is 31.4 Å². The quantitative estimate of drug-likeness (QED) is 0.0991. The predicted octanol–water partition coefficient (Wildman–Crippen LogP) is 5.08. The van der Waals surface area contributed by atoms with Crippen molar-refractivity contribution in [2.24, 2.45) is 4.99 Å². The Morgan fingerprint density at radius 1 is 1.14 bits per heavy atom. The van der Waals surface area contributed by atoms with Gasteiger partial charge < -0.3 is 14.2 Å². The van der Waals surface area contributed by atoms with Gasteiger partial charge in [-0.15, -0.1) is 0 Å². The van der Waals surface area contributed by atoms with Crippen LogP contribution in [0.1, 0.15) is 27.0 Å². The number of nitrogens with zero attached hydrogens (tertiary/aromatic N) is 2. The number of halogens is 1. The average Bonchev–Trinajstić information content (AvgIpc) is 3.20. The van der Waals surface area contributed by atoms with Crippen LogP contribution >= 0.6 is 22.6 Å². The van der Waals surface area contributed by atoms with Gasteiger partial charge in [0.15, 0.2) is 17.2 Å². The Labute approximate surface area is 213 Å². The molecule has 4 rings (SSSR count). The lowest BCUT2D eigenvalue weighted by molar-refractivity contribution is -0.384. The first-order valence-corrected chi connectivity index (χ1v) is 11.3. The third kappa shape index (κ3) is 5.22. The number of hydrogen-bond acceptors (Lipinski definition) is 8. The minimum absolute atomic E-state index is 0.00835. The summed E-state index contributed by atoms with van der Waals surface area (Å²) in [6.07, 6.45) is 1.49. The number of carbonyl (C=O) groups excluding carboxylic acids is 2. The van der Waals surface area contributed by atoms with Gasteiger partial charge in [0, 0.05) is 17.7 Å². The van der Waals surface area contributed by atoms with Gasteiger partial charge >= 0.3 is 11.9 Å². The molecule has 9 nitrogen and oxygen atoms in total. The van der Waals surface area contributed by atoms with Gasteiger partial charge in [-0.2, -0.15) is 0 Å². The Balaban J connectivity index is 1.64. The van der Waals surface area contributed by atoms with Crippen molar-refractivity contribution in [3.8, 4) is 11.5 Å². The molecule has 0 N–H and O–H groups in total. The van der Waals surface area contributed by atoms with Gasteiger partial charge in [-0.25, -0.2) is 14.6 Å². The highest BCUT2D eigenvalue weighted by atomic mass is 127. The van der Waals surface area contributed by atoms with Crippen molar-refractivity contribution in [3.63, 3.8) is 0 Å². The SMILES string of the molecule is COc1cc(/C=C2\N=C(c3cccc([N+](=O)[O-])c3)OC2=O)cc(I)c1OC(=O)c1ccccc1C. The fourth-order valence-corrected chi connectivity index (χ4v) is 4.05. The maximum Gasteiger partial charge on any atom is 0.363 e. The maximum absolute atomic E-state index is 12.7. The van der Waals surface area contributed by atoms with E-state index in [4.69, 9.17) is 14.2 Å². The Kier molecular flexibility index (Phi) is 6.92. The zero-order valence-corrected chi connectivity index (χ0v) is 20.6. The summed E-state index contributed by atoms with van der Waals surface area (Å²) in [6.45, 7) is 1.82. The first-order chi connectivity index (χ1) is 16.8. The van der Waals surface area contributed by atoms with E-state index in [0.717, 1.165) is 5.56 Å². The number of methoxy groups -OCH3 is 1. The Morgan fingerprint density at radius 2 is 1.91 bits per heavy atom. The first kappa shape index (κ1) is 24.1. The molecule has 0 saturated heterocycles. The molecule has 1 heterocycles. The van der Waals surface area contributed by atoms with Crippen LogP contribution in [0.4, 0.5) is 5.69 Å². The predicted molar refractivity (Wildman–Crippen MR) is 136 cm³/mol. The van der Waals surface area contributed by atoms with Gasteiger partial charge in [-0.3, -0.25) is 10.1 Å². The van der Waals surface area contributed by atoms with Crippen LogP contribution in [-0.4, -0.2) is 29.9 Å². The maximum atomic E-state index is 12.7. The van der Waals surface area contributed by atoms with E-state index in [1.807, 2.05) is 41.6 Å². The molecule has 176 valence electrons. The Morgan fingerprint density at radius 3 is 2.63 bits per heavy atom. The van der Waals surface area contributed by atoms with Crippen molar-refractivity contribution in [3.05, 3.63) is 102 Å². The molecule has 0 aliphatic carbocycles. The van der Waals surface area contributed by atoms with Crippen molar-refractivity contribution >= 4 is 52.2 Å². The van der Waals surface area contributed by atoms with Crippen LogP contribution in [0.15, 0.2) is 71.4 Å². The number of hydrogen-bond donors (Lipinski definition) is 0. The molecule has 0 spiro atoms. The number of esters is 2. The summed E-state index contributed by atoms with van der Waals surface area (Å²) in [5.41, 5.74) is 1.94. The van der Waals surface area contributed by atoms with E-state index in [1.54, 1.807) is 30.3 Å². The monoisotopic (exact) mass is 584 g/mol. The fraction of sp³-hybridized carbons (Fsp3) is 0.0800. The van der Waals surface area contributed by atoms with Crippen LogP contribution in [0.25, 0.3) is 6.08 Å². The van der Waals surface area contributed by atoms with Crippen LogP contribution in [-0.2, 0) is 9.53 Å². The average molecular weight is 584 g/mol. The summed E-state index contributed by atoms with van der Waals surface area (Å²) >= 11 is 2.01. The number of nitro groups is 1. The van der Waals surface area contributed by atoms with Gasteiger partial charge in [0.1, 0.15) is 0 Å². The molecule has 0 atom stereocenters. The van der Waals surface area contributed by atoms with E-state index >= 15 is 0 Å². The fourth-order valence-electron chi connectivity index (χ4n) is 3.31. The van der Waals surface area contributed by atoms with Crippen molar-refractivity contribution in [1.29, 1.82) is 0 Å².